The normalized spacial score (nSPS) is 13.0. The lowest BCUT2D eigenvalue weighted by Crippen LogP contribution is -2.12. The summed E-state index contributed by atoms with van der Waals surface area (Å²) in [5.74, 6) is 0. The fraction of sp³-hybridized carbons (Fsp3) is 0.387. The Morgan fingerprint density at radius 2 is 1.53 bits per heavy atom. The van der Waals surface area contributed by atoms with Crippen molar-refractivity contribution in [2.75, 3.05) is 0 Å². The van der Waals surface area contributed by atoms with Crippen molar-refractivity contribution in [2.24, 2.45) is 5.41 Å². The van der Waals surface area contributed by atoms with Crippen LogP contribution in [0.25, 0.3) is 42.3 Å². The Labute approximate surface area is 211 Å². The van der Waals surface area contributed by atoms with Crippen molar-refractivity contribution in [3.8, 4) is 11.3 Å². The van der Waals surface area contributed by atoms with Gasteiger partial charge in [-0.2, -0.15) is 0 Å². The van der Waals surface area contributed by atoms with Crippen LogP contribution in [-0.2, 0) is 11.8 Å². The molecule has 3 heterocycles. The van der Waals surface area contributed by atoms with Gasteiger partial charge in [0.1, 0.15) is 0 Å². The summed E-state index contributed by atoms with van der Waals surface area (Å²) in [6.07, 6.45) is 1.09. The quantitative estimate of drug-likeness (QED) is 0.242. The van der Waals surface area contributed by atoms with Crippen molar-refractivity contribution in [3.05, 3.63) is 62.8 Å². The fourth-order valence-corrected chi connectivity index (χ4v) is 7.89. The third-order valence-corrected chi connectivity index (χ3v) is 9.41. The van der Waals surface area contributed by atoms with Gasteiger partial charge in [-0.05, 0) is 77.6 Å². The monoisotopic (exact) mass is 485 g/mol. The maximum atomic E-state index is 5.40. The van der Waals surface area contributed by atoms with Crippen LogP contribution in [0, 0.1) is 26.2 Å². The third-order valence-electron chi connectivity index (χ3n) is 6.90. The number of nitrogens with zero attached hydrogens (tertiary/aromatic N) is 1. The average Bonchev–Trinajstić information content (AvgIpc) is 3.21. The van der Waals surface area contributed by atoms with Gasteiger partial charge in [-0.15, -0.1) is 22.7 Å². The summed E-state index contributed by atoms with van der Waals surface area (Å²) in [4.78, 5) is 8.27. The first-order chi connectivity index (χ1) is 15.8. The van der Waals surface area contributed by atoms with Crippen molar-refractivity contribution < 1.29 is 0 Å². The highest BCUT2D eigenvalue weighted by Crippen LogP contribution is 2.47. The summed E-state index contributed by atoms with van der Waals surface area (Å²) < 4.78 is 2.71. The minimum Gasteiger partial charge on any atom is -0.245 e. The third kappa shape index (κ3) is 3.87. The van der Waals surface area contributed by atoms with Gasteiger partial charge in [-0.3, -0.25) is 0 Å². The minimum absolute atomic E-state index is 0.0521. The second kappa shape index (κ2) is 7.90. The highest BCUT2D eigenvalue weighted by Gasteiger charge is 2.25. The predicted octanol–water partition coefficient (Wildman–Crippen LogP) is 10.1. The van der Waals surface area contributed by atoms with E-state index in [0.29, 0.717) is 0 Å². The molecule has 0 saturated heterocycles. The molecule has 0 aliphatic carbocycles. The van der Waals surface area contributed by atoms with E-state index in [9.17, 15) is 0 Å². The summed E-state index contributed by atoms with van der Waals surface area (Å²) in [6, 6.07) is 13.6. The largest absolute Gasteiger partial charge is 0.245 e. The second-order valence-corrected chi connectivity index (χ2v) is 14.3. The standard InChI is InChI=1S/C31H35NS2/c1-17-19(3)33-28-25-18(2)24(16-30(4,5)6)34-29(25)27(32-26(17)28)21-14-20-12-10-11-13-22(20)23(15-21)31(7,8)9/h10-15H,16H2,1-9H3. The lowest BCUT2D eigenvalue weighted by Gasteiger charge is -2.23. The number of aromatic nitrogens is 1. The van der Waals surface area contributed by atoms with Gasteiger partial charge in [0.25, 0.3) is 0 Å². The van der Waals surface area contributed by atoms with E-state index >= 15 is 0 Å². The van der Waals surface area contributed by atoms with E-state index in [2.05, 4.69) is 98.7 Å². The molecule has 0 bridgehead atoms. The Kier molecular flexibility index (Phi) is 5.46. The summed E-state index contributed by atoms with van der Waals surface area (Å²) in [7, 11) is 0. The summed E-state index contributed by atoms with van der Waals surface area (Å²) in [6.45, 7) is 20.7. The first kappa shape index (κ1) is 23.5. The maximum Gasteiger partial charge on any atom is 0.0889 e. The molecule has 0 aliphatic heterocycles. The van der Waals surface area contributed by atoms with E-state index < -0.39 is 0 Å². The molecule has 0 aliphatic rings. The molecule has 0 unspecified atom stereocenters. The average molecular weight is 486 g/mol. The van der Waals surface area contributed by atoms with E-state index in [-0.39, 0.29) is 10.8 Å². The minimum atomic E-state index is 0.0521. The van der Waals surface area contributed by atoms with Crippen molar-refractivity contribution in [1.29, 1.82) is 0 Å². The topological polar surface area (TPSA) is 12.9 Å². The number of rotatable bonds is 2. The molecule has 5 rings (SSSR count). The van der Waals surface area contributed by atoms with Crippen LogP contribution in [0.3, 0.4) is 0 Å². The number of aryl methyl sites for hydroxylation is 3. The summed E-state index contributed by atoms with van der Waals surface area (Å²) >= 11 is 3.88. The lowest BCUT2D eigenvalue weighted by molar-refractivity contribution is 0.414. The Bertz CT molecular complexity index is 1570. The second-order valence-electron chi connectivity index (χ2n) is 12.0. The van der Waals surface area contributed by atoms with E-state index in [1.54, 1.807) is 0 Å². The van der Waals surface area contributed by atoms with Crippen molar-refractivity contribution >= 4 is 53.7 Å². The molecule has 0 spiro atoms. The number of hydrogen-bond donors (Lipinski definition) is 0. The maximum absolute atomic E-state index is 5.40. The van der Waals surface area contributed by atoms with Crippen molar-refractivity contribution in [1.82, 2.24) is 4.98 Å². The van der Waals surface area contributed by atoms with E-state index in [1.165, 1.54) is 63.1 Å². The van der Waals surface area contributed by atoms with Crippen LogP contribution in [0.5, 0.6) is 0 Å². The van der Waals surface area contributed by atoms with Gasteiger partial charge in [0.05, 0.1) is 20.6 Å². The smallest absolute Gasteiger partial charge is 0.0889 e. The molecule has 0 saturated carbocycles. The zero-order valence-electron chi connectivity index (χ0n) is 21.9. The van der Waals surface area contributed by atoms with Crippen LogP contribution in [0.2, 0.25) is 0 Å². The molecule has 176 valence electrons. The number of fused-ring (bicyclic) bond motifs is 4. The Balaban J connectivity index is 1.91. The van der Waals surface area contributed by atoms with E-state index in [4.69, 9.17) is 4.98 Å². The summed E-state index contributed by atoms with van der Waals surface area (Å²) in [5.41, 5.74) is 8.02. The molecule has 0 radical (unpaired) electrons. The zero-order chi connectivity index (χ0) is 24.6. The van der Waals surface area contributed by atoms with Gasteiger partial charge in [0, 0.05) is 20.7 Å². The van der Waals surface area contributed by atoms with Crippen LogP contribution in [0.1, 0.15) is 68.0 Å². The molecule has 5 aromatic rings. The number of pyridine rings is 1. The Hall–Kier alpha value is -2.23. The molecule has 3 heteroatoms. The molecule has 0 atom stereocenters. The Morgan fingerprint density at radius 1 is 0.824 bits per heavy atom. The first-order valence-electron chi connectivity index (χ1n) is 12.2. The molecule has 0 fully saturated rings. The van der Waals surface area contributed by atoms with Crippen LogP contribution in [-0.4, -0.2) is 4.98 Å². The molecule has 2 aromatic carbocycles. The van der Waals surface area contributed by atoms with Gasteiger partial charge in [0.2, 0.25) is 0 Å². The zero-order valence-corrected chi connectivity index (χ0v) is 23.6. The van der Waals surface area contributed by atoms with Crippen LogP contribution in [0.15, 0.2) is 36.4 Å². The van der Waals surface area contributed by atoms with Gasteiger partial charge >= 0.3 is 0 Å². The van der Waals surface area contributed by atoms with E-state index in [0.717, 1.165) is 12.1 Å². The first-order valence-corrected chi connectivity index (χ1v) is 13.8. The number of thiophene rings is 2. The summed E-state index contributed by atoms with van der Waals surface area (Å²) in [5, 5.41) is 4.06. The van der Waals surface area contributed by atoms with Gasteiger partial charge in [0.15, 0.2) is 0 Å². The van der Waals surface area contributed by atoms with Gasteiger partial charge < -0.3 is 0 Å². The predicted molar refractivity (Wildman–Crippen MR) is 154 cm³/mol. The number of benzene rings is 2. The molecule has 0 amide bonds. The van der Waals surface area contributed by atoms with Crippen LogP contribution < -0.4 is 0 Å². The molecular weight excluding hydrogens is 450 g/mol. The van der Waals surface area contributed by atoms with Gasteiger partial charge in [-0.1, -0.05) is 65.8 Å². The van der Waals surface area contributed by atoms with Crippen molar-refractivity contribution in [3.63, 3.8) is 0 Å². The molecule has 1 nitrogen and oxygen atoms in total. The van der Waals surface area contributed by atoms with Crippen molar-refractivity contribution in [2.45, 2.75) is 74.1 Å². The van der Waals surface area contributed by atoms with Crippen LogP contribution in [0.4, 0.5) is 0 Å². The highest BCUT2D eigenvalue weighted by atomic mass is 32.1. The number of hydrogen-bond acceptors (Lipinski definition) is 3. The highest BCUT2D eigenvalue weighted by molar-refractivity contribution is 7.23. The molecular formula is C31H35NS2. The lowest BCUT2D eigenvalue weighted by atomic mass is 9.82. The Morgan fingerprint density at radius 3 is 2.21 bits per heavy atom. The van der Waals surface area contributed by atoms with Gasteiger partial charge in [-0.25, -0.2) is 4.98 Å². The van der Waals surface area contributed by atoms with E-state index in [1.807, 2.05) is 22.7 Å². The fourth-order valence-electron chi connectivity index (χ4n) is 5.00. The molecule has 34 heavy (non-hydrogen) atoms. The SMILES string of the molecule is Cc1sc2c(nc(-c3cc(C(C)(C)C)c4ccccc4c3)c3sc(CC(C)(C)C)c(C)c32)c1C. The molecule has 3 aromatic heterocycles. The molecule has 0 N–H and O–H groups in total. The van der Waals surface area contributed by atoms with Crippen LogP contribution >= 0.6 is 22.7 Å².